The van der Waals surface area contributed by atoms with Crippen molar-refractivity contribution >= 4 is 90.3 Å². The first-order chi connectivity index (χ1) is 29.7. The maximum Gasteiger partial charge on any atom is 0.360 e. The van der Waals surface area contributed by atoms with E-state index in [0.29, 0.717) is 26.3 Å². The van der Waals surface area contributed by atoms with E-state index in [0.717, 1.165) is 0 Å². The third-order valence-corrected chi connectivity index (χ3v) is 7.85. The zero-order chi connectivity index (χ0) is 45.0. The minimum atomic E-state index is -1.18. The third kappa shape index (κ3) is 14.6. The molecule has 7 rings (SSSR count). The van der Waals surface area contributed by atoms with Gasteiger partial charge in [-0.2, -0.15) is 0 Å². The fourth-order valence-corrected chi connectivity index (χ4v) is 4.87. The number of esters is 1. The van der Waals surface area contributed by atoms with Crippen molar-refractivity contribution in [3.63, 3.8) is 0 Å². The fourth-order valence-electron chi connectivity index (χ4n) is 4.31. The number of methoxy groups -OCH3 is 1. The maximum absolute atomic E-state index is 12.3. The Kier molecular flexibility index (Phi) is 17.6. The van der Waals surface area contributed by atoms with E-state index in [1.54, 1.807) is 36.4 Å². The lowest BCUT2D eigenvalue weighted by atomic mass is 10.3. The SMILES string of the molecule is COC(=O)c1nccnc1N.Nc1ncc(Br)nc1C(=O)Nc1ccccc1.Nc1ncc(Br)nc1C(=O)O.Nc1ncc(Oc2ccccc2)nc1C(=O)Nc1ccccc1. The first kappa shape index (κ1) is 46.5. The minimum Gasteiger partial charge on any atom is -0.476 e. The van der Waals surface area contributed by atoms with Crippen molar-refractivity contribution in [2.45, 2.75) is 0 Å². The number of nitrogens with zero attached hydrogens (tertiary/aromatic N) is 8. The van der Waals surface area contributed by atoms with Crippen LogP contribution in [0.2, 0.25) is 0 Å². The normalized spacial score (nSPS) is 9.79. The van der Waals surface area contributed by atoms with Crippen LogP contribution in [-0.4, -0.2) is 75.8 Å². The highest BCUT2D eigenvalue weighted by Crippen LogP contribution is 2.21. The van der Waals surface area contributed by atoms with Crippen LogP contribution in [0.25, 0.3) is 0 Å². The van der Waals surface area contributed by atoms with Gasteiger partial charge in [0.05, 0.1) is 25.7 Å². The van der Waals surface area contributed by atoms with Gasteiger partial charge in [-0.05, 0) is 68.3 Å². The minimum absolute atomic E-state index is 0.0160. The summed E-state index contributed by atoms with van der Waals surface area (Å²) in [5.41, 5.74) is 23.1. The average molecular weight is 971 g/mol. The van der Waals surface area contributed by atoms with Crippen LogP contribution in [0.1, 0.15) is 42.0 Å². The molecule has 0 spiro atoms. The second-order valence-electron chi connectivity index (χ2n) is 11.4. The zero-order valence-electron chi connectivity index (χ0n) is 32.1. The molecule has 0 fully saturated rings. The van der Waals surface area contributed by atoms with Gasteiger partial charge in [0.2, 0.25) is 5.88 Å². The summed E-state index contributed by atoms with van der Waals surface area (Å²) in [5, 5.41) is 13.9. The van der Waals surface area contributed by atoms with E-state index in [2.05, 4.69) is 87.1 Å². The summed E-state index contributed by atoms with van der Waals surface area (Å²) >= 11 is 6.11. The van der Waals surface area contributed by atoms with Crippen LogP contribution < -0.4 is 38.3 Å². The number of anilines is 6. The molecular formula is C39H34Br2N14O7. The third-order valence-electron chi connectivity index (χ3n) is 7.09. The van der Waals surface area contributed by atoms with Gasteiger partial charge in [0.25, 0.3) is 11.8 Å². The Morgan fingerprint density at radius 2 is 0.968 bits per heavy atom. The number of carboxylic acids is 1. The van der Waals surface area contributed by atoms with Crippen molar-refractivity contribution < 1.29 is 33.8 Å². The zero-order valence-corrected chi connectivity index (χ0v) is 35.3. The molecule has 7 aromatic rings. The van der Waals surface area contributed by atoms with Crippen LogP contribution in [0, 0.1) is 0 Å². The molecule has 0 atom stereocenters. The van der Waals surface area contributed by atoms with Crippen molar-refractivity contribution in [1.29, 1.82) is 0 Å². The standard InChI is InChI=1S/C17H14N4O2.C11H9BrN4O.C6H7N3O2.C5H4BrN3O2/c18-16-15(17(22)20-12-7-3-1-4-8-12)21-14(11-19-16)23-13-9-5-2-6-10-13;12-8-6-14-10(13)9(16-8)11(17)15-7-4-2-1-3-5-7;1-11-6(10)4-5(7)9-3-2-8-4;6-2-1-8-4(7)3(9-2)5(10)11/h1-11H,(H2,18,19)(H,20,22);1-6H,(H2,13,14)(H,15,17);2-3H,1H3,(H2,7,9);1H,(H2,7,8)(H,10,11). The van der Waals surface area contributed by atoms with Gasteiger partial charge in [0.15, 0.2) is 46.0 Å². The average Bonchev–Trinajstić information content (AvgIpc) is 3.27. The number of nitrogens with two attached hydrogens (primary N) is 4. The summed E-state index contributed by atoms with van der Waals surface area (Å²) in [7, 11) is 1.26. The van der Waals surface area contributed by atoms with Gasteiger partial charge in [-0.1, -0.05) is 54.6 Å². The molecule has 3 aromatic carbocycles. The summed E-state index contributed by atoms with van der Waals surface area (Å²) in [6, 6.07) is 27.2. The number of nitrogens with one attached hydrogen (secondary N) is 2. The summed E-state index contributed by atoms with van der Waals surface area (Å²) in [6.07, 6.45) is 6.93. The summed E-state index contributed by atoms with van der Waals surface area (Å²) in [6.45, 7) is 0. The van der Waals surface area contributed by atoms with Crippen LogP contribution in [0.15, 0.2) is 131 Å². The van der Waals surface area contributed by atoms with Gasteiger partial charge in [-0.15, -0.1) is 0 Å². The van der Waals surface area contributed by atoms with E-state index in [9.17, 15) is 19.2 Å². The molecule has 4 aromatic heterocycles. The molecule has 0 aliphatic heterocycles. The second kappa shape index (κ2) is 23.4. The van der Waals surface area contributed by atoms with E-state index in [1.807, 2.05) is 54.6 Å². The van der Waals surface area contributed by atoms with Gasteiger partial charge in [0.1, 0.15) is 15.0 Å². The van der Waals surface area contributed by atoms with Gasteiger partial charge < -0.3 is 48.1 Å². The number of carboxylic acid groups (broad SMARTS) is 1. The molecule has 0 aliphatic rings. The van der Waals surface area contributed by atoms with Crippen molar-refractivity contribution in [3.8, 4) is 11.6 Å². The summed E-state index contributed by atoms with van der Waals surface area (Å²) in [5.74, 6) is -1.65. The molecule has 0 saturated carbocycles. The van der Waals surface area contributed by atoms with E-state index in [1.165, 1.54) is 38.1 Å². The molecule has 0 unspecified atom stereocenters. The highest BCUT2D eigenvalue weighted by atomic mass is 79.9. The van der Waals surface area contributed by atoms with Gasteiger partial charge in [0, 0.05) is 23.8 Å². The van der Waals surface area contributed by atoms with Crippen LogP contribution in [0.5, 0.6) is 11.6 Å². The molecule has 0 saturated heterocycles. The highest BCUT2D eigenvalue weighted by Gasteiger charge is 2.16. The number of carbonyl (C=O) groups excluding carboxylic acids is 3. The molecule has 23 heteroatoms. The van der Waals surface area contributed by atoms with Crippen molar-refractivity contribution in [2.75, 3.05) is 40.7 Å². The number of nitrogen functional groups attached to an aromatic ring is 4. The number of amides is 2. The van der Waals surface area contributed by atoms with E-state index >= 15 is 0 Å². The molecule has 4 heterocycles. The molecule has 11 N–H and O–H groups in total. The predicted molar refractivity (Wildman–Crippen MR) is 235 cm³/mol. The molecule has 0 aliphatic carbocycles. The van der Waals surface area contributed by atoms with Gasteiger partial charge in [-0.3, -0.25) is 9.59 Å². The van der Waals surface area contributed by atoms with Crippen LogP contribution >= 0.6 is 31.9 Å². The Morgan fingerprint density at radius 1 is 0.548 bits per heavy atom. The summed E-state index contributed by atoms with van der Waals surface area (Å²) < 4.78 is 10.8. The Bertz CT molecular complexity index is 2620. The number of para-hydroxylation sites is 3. The number of aromatic carboxylic acids is 1. The number of hydrogen-bond donors (Lipinski definition) is 7. The lowest BCUT2D eigenvalue weighted by Crippen LogP contribution is -2.17. The van der Waals surface area contributed by atoms with E-state index < -0.39 is 17.8 Å². The first-order valence-corrected chi connectivity index (χ1v) is 18.9. The first-order valence-electron chi connectivity index (χ1n) is 17.3. The topological polar surface area (TPSA) is 338 Å². The van der Waals surface area contributed by atoms with E-state index in [-0.39, 0.29) is 57.8 Å². The van der Waals surface area contributed by atoms with Crippen molar-refractivity contribution in [3.05, 3.63) is 154 Å². The smallest absolute Gasteiger partial charge is 0.360 e. The predicted octanol–water partition coefficient (Wildman–Crippen LogP) is 5.54. The highest BCUT2D eigenvalue weighted by molar-refractivity contribution is 9.10. The number of benzene rings is 3. The van der Waals surface area contributed by atoms with Crippen molar-refractivity contribution in [1.82, 2.24) is 39.9 Å². The molecule has 0 bridgehead atoms. The largest absolute Gasteiger partial charge is 0.476 e. The van der Waals surface area contributed by atoms with Gasteiger partial charge in [-0.25, -0.2) is 49.5 Å². The number of hydrogen-bond acceptors (Lipinski definition) is 18. The van der Waals surface area contributed by atoms with Crippen LogP contribution in [-0.2, 0) is 4.74 Å². The quantitative estimate of drug-likeness (QED) is 0.0919. The Morgan fingerprint density at radius 3 is 1.44 bits per heavy atom. The maximum atomic E-state index is 12.3. The molecule has 316 valence electrons. The molecule has 62 heavy (non-hydrogen) atoms. The van der Waals surface area contributed by atoms with E-state index in [4.69, 9.17) is 32.8 Å². The number of aromatic nitrogens is 8. The lowest BCUT2D eigenvalue weighted by molar-refractivity contribution is 0.0593. The van der Waals surface area contributed by atoms with Crippen LogP contribution in [0.4, 0.5) is 34.6 Å². The number of ether oxygens (including phenoxy) is 2. The van der Waals surface area contributed by atoms with Crippen LogP contribution in [0.3, 0.4) is 0 Å². The Balaban J connectivity index is 0.000000191. The molecule has 2 amide bonds. The number of carbonyl (C=O) groups is 4. The number of rotatable bonds is 8. The van der Waals surface area contributed by atoms with Gasteiger partial charge >= 0.3 is 11.9 Å². The second-order valence-corrected chi connectivity index (χ2v) is 13.1. The summed E-state index contributed by atoms with van der Waals surface area (Å²) in [4.78, 5) is 75.8. The lowest BCUT2D eigenvalue weighted by Gasteiger charge is -2.09. The fraction of sp³-hybridized carbons (Fsp3) is 0.0256. The van der Waals surface area contributed by atoms with Crippen molar-refractivity contribution in [2.24, 2.45) is 0 Å². The number of halogens is 2. The molecular weight excluding hydrogens is 936 g/mol. The Labute approximate surface area is 368 Å². The molecule has 0 radical (unpaired) electrons. The molecule has 21 nitrogen and oxygen atoms in total. The monoisotopic (exact) mass is 968 g/mol. The Hall–Kier alpha value is -8.18.